The van der Waals surface area contributed by atoms with Gasteiger partial charge >= 0.3 is 0 Å². The lowest BCUT2D eigenvalue weighted by Gasteiger charge is -2.24. The molecule has 0 aromatic heterocycles. The first-order valence-electron chi connectivity index (χ1n) is 8.53. The number of nitro benzene ring substituents is 1. The standard InChI is InChI=1S/C18H21N3O5S/c1-27(24,25)18-12-16(21(22)23)6-7-17(18)20-14-4-2-13(3-5-14)19-15-8-10-26-11-9-15/h2-7,12,15,19-20H,8-11H2,1H3. The van der Waals surface area contributed by atoms with E-state index < -0.39 is 14.8 Å². The van der Waals surface area contributed by atoms with Gasteiger partial charge in [-0.2, -0.15) is 0 Å². The summed E-state index contributed by atoms with van der Waals surface area (Å²) in [6.45, 7) is 1.51. The van der Waals surface area contributed by atoms with Crippen molar-refractivity contribution in [1.82, 2.24) is 0 Å². The molecule has 0 spiro atoms. The van der Waals surface area contributed by atoms with Crippen LogP contribution >= 0.6 is 0 Å². The average molecular weight is 391 g/mol. The first kappa shape index (κ1) is 19.1. The highest BCUT2D eigenvalue weighted by Gasteiger charge is 2.19. The summed E-state index contributed by atoms with van der Waals surface area (Å²) < 4.78 is 29.4. The number of sulfone groups is 1. The van der Waals surface area contributed by atoms with E-state index in [2.05, 4.69) is 10.6 Å². The summed E-state index contributed by atoms with van der Waals surface area (Å²) in [6.07, 6.45) is 2.94. The number of nitrogens with one attached hydrogen (secondary N) is 2. The normalized spacial score (nSPS) is 15.3. The Morgan fingerprint density at radius 1 is 1.07 bits per heavy atom. The monoisotopic (exact) mass is 391 g/mol. The Balaban J connectivity index is 1.77. The van der Waals surface area contributed by atoms with Gasteiger partial charge in [0.2, 0.25) is 0 Å². The van der Waals surface area contributed by atoms with E-state index in [9.17, 15) is 18.5 Å². The van der Waals surface area contributed by atoms with Crippen molar-refractivity contribution < 1.29 is 18.1 Å². The molecule has 0 atom stereocenters. The van der Waals surface area contributed by atoms with Crippen molar-refractivity contribution in [3.05, 3.63) is 52.6 Å². The Hall–Kier alpha value is -2.65. The van der Waals surface area contributed by atoms with Crippen LogP contribution < -0.4 is 10.6 Å². The largest absolute Gasteiger partial charge is 0.382 e. The Labute approximate surface area is 157 Å². The maximum Gasteiger partial charge on any atom is 0.270 e. The van der Waals surface area contributed by atoms with Crippen molar-refractivity contribution in [1.29, 1.82) is 0 Å². The zero-order chi connectivity index (χ0) is 19.4. The first-order chi connectivity index (χ1) is 12.8. The molecule has 2 aromatic rings. The van der Waals surface area contributed by atoms with E-state index >= 15 is 0 Å². The molecule has 27 heavy (non-hydrogen) atoms. The highest BCUT2D eigenvalue weighted by Crippen LogP contribution is 2.29. The van der Waals surface area contributed by atoms with Crippen LogP contribution in [0.25, 0.3) is 0 Å². The van der Waals surface area contributed by atoms with E-state index in [4.69, 9.17) is 4.74 Å². The minimum absolute atomic E-state index is 0.110. The number of ether oxygens (including phenoxy) is 1. The van der Waals surface area contributed by atoms with Gasteiger partial charge in [0.05, 0.1) is 15.5 Å². The predicted octanol–water partition coefficient (Wildman–Crippen LogP) is 3.33. The number of nitro groups is 1. The highest BCUT2D eigenvalue weighted by molar-refractivity contribution is 7.90. The van der Waals surface area contributed by atoms with Crippen LogP contribution in [-0.2, 0) is 14.6 Å². The highest BCUT2D eigenvalue weighted by atomic mass is 32.2. The summed E-state index contributed by atoms with van der Waals surface area (Å²) in [5.41, 5.74) is 1.69. The summed E-state index contributed by atoms with van der Waals surface area (Å²) in [6, 6.07) is 11.6. The van der Waals surface area contributed by atoms with Gasteiger partial charge in [0.15, 0.2) is 9.84 Å². The molecule has 0 saturated carbocycles. The van der Waals surface area contributed by atoms with Crippen molar-refractivity contribution in [3.8, 4) is 0 Å². The van der Waals surface area contributed by atoms with Gasteiger partial charge in [0.25, 0.3) is 5.69 Å². The lowest BCUT2D eigenvalue weighted by atomic mass is 10.1. The fraction of sp³-hybridized carbons (Fsp3) is 0.333. The number of hydrogen-bond donors (Lipinski definition) is 2. The van der Waals surface area contributed by atoms with Crippen LogP contribution in [0.1, 0.15) is 12.8 Å². The summed E-state index contributed by atoms with van der Waals surface area (Å²) in [5.74, 6) is 0. The summed E-state index contributed by atoms with van der Waals surface area (Å²) in [7, 11) is -3.63. The minimum atomic E-state index is -3.63. The van der Waals surface area contributed by atoms with Gasteiger partial charge in [-0.1, -0.05) is 0 Å². The van der Waals surface area contributed by atoms with Crippen molar-refractivity contribution in [3.63, 3.8) is 0 Å². The minimum Gasteiger partial charge on any atom is -0.382 e. The van der Waals surface area contributed by atoms with Gasteiger partial charge in [-0.05, 0) is 43.2 Å². The fourth-order valence-electron chi connectivity index (χ4n) is 2.92. The van der Waals surface area contributed by atoms with Crippen LogP contribution in [0, 0.1) is 10.1 Å². The number of rotatable bonds is 6. The van der Waals surface area contributed by atoms with Crippen molar-refractivity contribution >= 4 is 32.6 Å². The van der Waals surface area contributed by atoms with E-state index in [0.717, 1.165) is 44.1 Å². The molecule has 1 aliphatic rings. The van der Waals surface area contributed by atoms with E-state index in [1.54, 1.807) is 0 Å². The van der Waals surface area contributed by atoms with Gasteiger partial charge in [-0.25, -0.2) is 8.42 Å². The second-order valence-corrected chi connectivity index (χ2v) is 8.43. The molecule has 8 nitrogen and oxygen atoms in total. The van der Waals surface area contributed by atoms with Crippen LogP contribution in [0.15, 0.2) is 47.4 Å². The molecule has 1 aliphatic heterocycles. The van der Waals surface area contributed by atoms with Gasteiger partial charge in [0, 0.05) is 49.0 Å². The quantitative estimate of drug-likeness (QED) is 0.574. The van der Waals surface area contributed by atoms with Crippen LogP contribution in [0.3, 0.4) is 0 Å². The molecule has 9 heteroatoms. The van der Waals surface area contributed by atoms with E-state index in [1.807, 2.05) is 24.3 Å². The maximum absolute atomic E-state index is 12.0. The topological polar surface area (TPSA) is 111 Å². The average Bonchev–Trinajstić information content (AvgIpc) is 2.63. The zero-order valence-corrected chi connectivity index (χ0v) is 15.7. The van der Waals surface area contributed by atoms with E-state index in [0.29, 0.717) is 17.4 Å². The number of non-ortho nitro benzene ring substituents is 1. The lowest BCUT2D eigenvalue weighted by Crippen LogP contribution is -2.27. The molecule has 1 heterocycles. The van der Waals surface area contributed by atoms with Gasteiger partial charge in [0.1, 0.15) is 0 Å². The van der Waals surface area contributed by atoms with Gasteiger partial charge in [-0.3, -0.25) is 10.1 Å². The molecule has 2 N–H and O–H groups in total. The third-order valence-electron chi connectivity index (χ3n) is 4.33. The third kappa shape index (κ3) is 4.95. The SMILES string of the molecule is CS(=O)(=O)c1cc([N+](=O)[O-])ccc1Nc1ccc(NC2CCOCC2)cc1. The van der Waals surface area contributed by atoms with Crippen LogP contribution in [0.4, 0.5) is 22.7 Å². The Morgan fingerprint density at radius 2 is 1.70 bits per heavy atom. The number of hydrogen-bond acceptors (Lipinski definition) is 7. The van der Waals surface area contributed by atoms with Crippen LogP contribution in [0.5, 0.6) is 0 Å². The Bertz CT molecular complexity index is 923. The second kappa shape index (κ2) is 7.93. The summed E-state index contributed by atoms with van der Waals surface area (Å²) in [5, 5.41) is 17.4. The van der Waals surface area contributed by atoms with Crippen LogP contribution in [-0.4, -0.2) is 38.9 Å². The Morgan fingerprint density at radius 3 is 2.30 bits per heavy atom. The molecule has 144 valence electrons. The number of anilines is 3. The maximum atomic E-state index is 12.0. The zero-order valence-electron chi connectivity index (χ0n) is 14.8. The van der Waals surface area contributed by atoms with Gasteiger partial charge in [-0.15, -0.1) is 0 Å². The van der Waals surface area contributed by atoms with E-state index in [-0.39, 0.29) is 10.6 Å². The molecule has 1 fully saturated rings. The number of nitrogens with zero attached hydrogens (tertiary/aromatic N) is 1. The predicted molar refractivity (Wildman–Crippen MR) is 103 cm³/mol. The smallest absolute Gasteiger partial charge is 0.270 e. The molecule has 2 aromatic carbocycles. The fourth-order valence-corrected chi connectivity index (χ4v) is 3.77. The molecule has 0 amide bonds. The van der Waals surface area contributed by atoms with Crippen LogP contribution in [0.2, 0.25) is 0 Å². The second-order valence-electron chi connectivity index (χ2n) is 6.44. The Kier molecular flexibility index (Phi) is 5.62. The molecular weight excluding hydrogens is 370 g/mol. The molecule has 0 unspecified atom stereocenters. The lowest BCUT2D eigenvalue weighted by molar-refractivity contribution is -0.385. The first-order valence-corrected chi connectivity index (χ1v) is 10.4. The summed E-state index contributed by atoms with van der Waals surface area (Å²) >= 11 is 0. The summed E-state index contributed by atoms with van der Waals surface area (Å²) in [4.78, 5) is 10.2. The molecule has 0 aliphatic carbocycles. The molecular formula is C18H21N3O5S. The molecule has 3 rings (SSSR count). The molecule has 1 saturated heterocycles. The number of benzene rings is 2. The molecule has 0 bridgehead atoms. The van der Waals surface area contributed by atoms with Crippen molar-refractivity contribution in [2.24, 2.45) is 0 Å². The van der Waals surface area contributed by atoms with Crippen molar-refractivity contribution in [2.75, 3.05) is 30.1 Å². The van der Waals surface area contributed by atoms with Crippen molar-refractivity contribution in [2.45, 2.75) is 23.8 Å². The van der Waals surface area contributed by atoms with Gasteiger partial charge < -0.3 is 15.4 Å². The van der Waals surface area contributed by atoms with E-state index in [1.165, 1.54) is 12.1 Å². The molecule has 0 radical (unpaired) electrons. The third-order valence-corrected chi connectivity index (χ3v) is 5.47.